The highest BCUT2D eigenvalue weighted by molar-refractivity contribution is 6.34. The molecule has 0 radical (unpaired) electrons. The van der Waals surface area contributed by atoms with Gasteiger partial charge in [0.1, 0.15) is 18.2 Å². The van der Waals surface area contributed by atoms with Gasteiger partial charge in [0.2, 0.25) is 5.91 Å². The quantitative estimate of drug-likeness (QED) is 0.668. The second-order valence-corrected chi connectivity index (χ2v) is 7.92. The molecular formula is C21H18Cl2N6O. The standard InChI is InChI=1S/C21H18Cl2N6O/c22-14-3-1-13(2-4-14)16-7-17-19(8-18(16)23)26-12-27-21(17)29-6-5-28(11-20(25)30)15(9-24)10-29/h1-4,7-8,12,15H,5-6,10-11H2,(H2,25,30). The number of rotatable bonds is 4. The van der Waals surface area contributed by atoms with Crippen LogP contribution in [0.15, 0.2) is 42.7 Å². The molecule has 0 aliphatic carbocycles. The number of fused-ring (bicyclic) bond motifs is 1. The summed E-state index contributed by atoms with van der Waals surface area (Å²) in [4.78, 5) is 24.0. The van der Waals surface area contributed by atoms with Crippen LogP contribution in [0.2, 0.25) is 10.0 Å². The van der Waals surface area contributed by atoms with Crippen molar-refractivity contribution >= 4 is 45.8 Å². The van der Waals surface area contributed by atoms with E-state index in [0.717, 1.165) is 27.8 Å². The number of carbonyl (C=O) groups is 1. The first-order chi connectivity index (χ1) is 14.5. The monoisotopic (exact) mass is 440 g/mol. The van der Waals surface area contributed by atoms with Crippen molar-refractivity contribution in [1.82, 2.24) is 14.9 Å². The smallest absolute Gasteiger partial charge is 0.231 e. The van der Waals surface area contributed by atoms with Crippen LogP contribution in [0.5, 0.6) is 0 Å². The normalized spacial score (nSPS) is 17.1. The molecule has 1 unspecified atom stereocenters. The number of primary amides is 1. The predicted molar refractivity (Wildman–Crippen MR) is 117 cm³/mol. The van der Waals surface area contributed by atoms with Crippen molar-refractivity contribution in [1.29, 1.82) is 5.26 Å². The summed E-state index contributed by atoms with van der Waals surface area (Å²) in [6.45, 7) is 1.61. The van der Waals surface area contributed by atoms with E-state index >= 15 is 0 Å². The first-order valence-electron chi connectivity index (χ1n) is 9.33. The lowest BCUT2D eigenvalue weighted by Gasteiger charge is -2.38. The van der Waals surface area contributed by atoms with Crippen LogP contribution in [0.3, 0.4) is 0 Å². The van der Waals surface area contributed by atoms with E-state index in [1.807, 2.05) is 41.3 Å². The molecule has 7 nitrogen and oxygen atoms in total. The van der Waals surface area contributed by atoms with Gasteiger partial charge in [-0.15, -0.1) is 0 Å². The number of hydrogen-bond acceptors (Lipinski definition) is 6. The molecule has 0 spiro atoms. The Kier molecular flexibility index (Phi) is 5.73. The Morgan fingerprint density at radius 2 is 1.97 bits per heavy atom. The van der Waals surface area contributed by atoms with Gasteiger partial charge in [-0.25, -0.2) is 9.97 Å². The van der Waals surface area contributed by atoms with E-state index in [-0.39, 0.29) is 6.54 Å². The largest absolute Gasteiger partial charge is 0.369 e. The van der Waals surface area contributed by atoms with Crippen LogP contribution in [0.1, 0.15) is 0 Å². The van der Waals surface area contributed by atoms with Crippen molar-refractivity contribution in [3.05, 3.63) is 52.8 Å². The first kappa shape index (κ1) is 20.4. The molecule has 1 aliphatic rings. The van der Waals surface area contributed by atoms with Gasteiger partial charge < -0.3 is 10.6 Å². The number of nitrogens with zero attached hydrogens (tertiary/aromatic N) is 5. The second-order valence-electron chi connectivity index (χ2n) is 7.08. The minimum Gasteiger partial charge on any atom is -0.369 e. The minimum atomic E-state index is -0.459. The fourth-order valence-electron chi connectivity index (χ4n) is 3.69. The lowest BCUT2D eigenvalue weighted by Crippen LogP contribution is -2.54. The molecule has 2 aromatic carbocycles. The molecule has 1 aliphatic heterocycles. The van der Waals surface area contributed by atoms with E-state index in [9.17, 15) is 10.1 Å². The van der Waals surface area contributed by atoms with E-state index in [1.165, 1.54) is 6.33 Å². The number of hydrogen-bond donors (Lipinski definition) is 1. The maximum absolute atomic E-state index is 11.3. The number of carbonyl (C=O) groups excluding carboxylic acids is 1. The molecule has 1 fully saturated rings. The Labute approximate surface area is 183 Å². The van der Waals surface area contributed by atoms with Crippen molar-refractivity contribution in [2.24, 2.45) is 5.73 Å². The zero-order chi connectivity index (χ0) is 21.3. The molecule has 1 aromatic heterocycles. The Balaban J connectivity index is 1.73. The van der Waals surface area contributed by atoms with Gasteiger partial charge in [-0.3, -0.25) is 9.69 Å². The zero-order valence-corrected chi connectivity index (χ0v) is 17.4. The number of aromatic nitrogens is 2. The molecule has 0 saturated carbocycles. The molecule has 3 aromatic rings. The highest BCUT2D eigenvalue weighted by Crippen LogP contribution is 2.35. The van der Waals surface area contributed by atoms with Crippen LogP contribution < -0.4 is 10.6 Å². The number of nitriles is 1. The van der Waals surface area contributed by atoms with E-state index in [1.54, 1.807) is 4.90 Å². The number of amides is 1. The van der Waals surface area contributed by atoms with Gasteiger partial charge in [0.15, 0.2) is 0 Å². The van der Waals surface area contributed by atoms with E-state index in [4.69, 9.17) is 28.9 Å². The molecule has 0 bridgehead atoms. The molecule has 1 atom stereocenters. The fraction of sp³-hybridized carbons (Fsp3) is 0.238. The van der Waals surface area contributed by atoms with Crippen LogP contribution in [0.25, 0.3) is 22.0 Å². The van der Waals surface area contributed by atoms with Crippen LogP contribution >= 0.6 is 23.2 Å². The van der Waals surface area contributed by atoms with Crippen LogP contribution in [0, 0.1) is 11.3 Å². The molecule has 30 heavy (non-hydrogen) atoms. The van der Waals surface area contributed by atoms with Gasteiger partial charge in [0.25, 0.3) is 0 Å². The molecule has 152 valence electrons. The fourth-order valence-corrected chi connectivity index (χ4v) is 4.08. The third-order valence-corrected chi connectivity index (χ3v) is 5.72. The summed E-state index contributed by atoms with van der Waals surface area (Å²) in [5, 5.41) is 11.6. The van der Waals surface area contributed by atoms with E-state index in [0.29, 0.717) is 29.7 Å². The maximum atomic E-state index is 11.3. The van der Waals surface area contributed by atoms with Crippen molar-refractivity contribution < 1.29 is 4.79 Å². The zero-order valence-electron chi connectivity index (χ0n) is 15.9. The van der Waals surface area contributed by atoms with Crippen LogP contribution in [-0.4, -0.2) is 53.0 Å². The molecule has 1 amide bonds. The lowest BCUT2D eigenvalue weighted by atomic mass is 10.0. The number of anilines is 1. The van der Waals surface area contributed by atoms with E-state index in [2.05, 4.69) is 16.0 Å². The summed E-state index contributed by atoms with van der Waals surface area (Å²) in [7, 11) is 0. The molecule has 9 heteroatoms. The molecular weight excluding hydrogens is 423 g/mol. The number of benzene rings is 2. The number of piperazine rings is 1. The highest BCUT2D eigenvalue weighted by Gasteiger charge is 2.29. The summed E-state index contributed by atoms with van der Waals surface area (Å²) in [6, 6.07) is 13.0. The van der Waals surface area contributed by atoms with Crippen molar-refractivity contribution in [3.63, 3.8) is 0 Å². The van der Waals surface area contributed by atoms with Crippen molar-refractivity contribution in [2.75, 3.05) is 31.1 Å². The average Bonchev–Trinajstić information content (AvgIpc) is 2.73. The third-order valence-electron chi connectivity index (χ3n) is 5.16. The van der Waals surface area contributed by atoms with Gasteiger partial charge in [-0.2, -0.15) is 5.26 Å². The maximum Gasteiger partial charge on any atom is 0.231 e. The number of halogens is 2. The average molecular weight is 441 g/mol. The Morgan fingerprint density at radius 3 is 2.67 bits per heavy atom. The Bertz CT molecular complexity index is 1140. The van der Waals surface area contributed by atoms with Gasteiger partial charge >= 0.3 is 0 Å². The number of nitrogens with two attached hydrogens (primary N) is 1. The summed E-state index contributed by atoms with van der Waals surface area (Å²) >= 11 is 12.5. The van der Waals surface area contributed by atoms with Crippen molar-refractivity contribution in [2.45, 2.75) is 6.04 Å². The summed E-state index contributed by atoms with van der Waals surface area (Å²) < 4.78 is 0. The summed E-state index contributed by atoms with van der Waals surface area (Å²) in [6.07, 6.45) is 1.49. The van der Waals surface area contributed by atoms with Crippen LogP contribution in [-0.2, 0) is 4.79 Å². The minimum absolute atomic E-state index is 0.0624. The second kappa shape index (κ2) is 8.44. The molecule has 2 N–H and O–H groups in total. The SMILES string of the molecule is N#CC1CN(c2ncnc3cc(Cl)c(-c4ccc(Cl)cc4)cc23)CCN1CC(N)=O. The first-order valence-corrected chi connectivity index (χ1v) is 10.1. The summed E-state index contributed by atoms with van der Waals surface area (Å²) in [5.74, 6) is 0.282. The Hall–Kier alpha value is -2.92. The van der Waals surface area contributed by atoms with E-state index < -0.39 is 11.9 Å². The molecule has 1 saturated heterocycles. The molecule has 2 heterocycles. The lowest BCUT2D eigenvalue weighted by molar-refractivity contribution is -0.119. The van der Waals surface area contributed by atoms with Crippen molar-refractivity contribution in [3.8, 4) is 17.2 Å². The predicted octanol–water partition coefficient (Wildman–Crippen LogP) is 3.10. The Morgan fingerprint density at radius 1 is 1.20 bits per heavy atom. The van der Waals surface area contributed by atoms with Gasteiger partial charge in [0.05, 0.1) is 23.2 Å². The van der Waals surface area contributed by atoms with Gasteiger partial charge in [-0.1, -0.05) is 35.3 Å². The third kappa shape index (κ3) is 4.03. The highest BCUT2D eigenvalue weighted by atomic mass is 35.5. The molecule has 4 rings (SSSR count). The summed E-state index contributed by atoms with van der Waals surface area (Å²) in [5.41, 5.74) is 7.81. The van der Waals surface area contributed by atoms with Crippen LogP contribution in [0.4, 0.5) is 5.82 Å². The van der Waals surface area contributed by atoms with Gasteiger partial charge in [0, 0.05) is 35.6 Å². The van der Waals surface area contributed by atoms with Gasteiger partial charge in [-0.05, 0) is 29.8 Å². The topological polar surface area (TPSA) is 99.1 Å².